The van der Waals surface area contributed by atoms with Crippen LogP contribution in [-0.4, -0.2) is 24.0 Å². The predicted molar refractivity (Wildman–Crippen MR) is 84.3 cm³/mol. The van der Waals surface area contributed by atoms with Crippen LogP contribution in [0.3, 0.4) is 0 Å². The fourth-order valence-corrected chi connectivity index (χ4v) is 2.34. The normalized spacial score (nSPS) is 12.2. The molecule has 0 saturated heterocycles. The molecule has 30 heavy (non-hydrogen) atoms. The van der Waals surface area contributed by atoms with E-state index in [-0.39, 0.29) is 11.6 Å². The van der Waals surface area contributed by atoms with E-state index >= 15 is 0 Å². The van der Waals surface area contributed by atoms with Gasteiger partial charge < -0.3 is 5.32 Å². The van der Waals surface area contributed by atoms with Crippen molar-refractivity contribution < 1.29 is 49.1 Å². The molecule has 2 rings (SSSR count). The molecule has 162 valence electrons. The quantitative estimate of drug-likeness (QED) is 0.505. The first kappa shape index (κ1) is 23.2. The molecule has 0 spiro atoms. The fraction of sp³-hybridized carbons (Fsp3) is 0.222. The number of nitrogens with one attached hydrogen (secondary N) is 1. The number of hydrogen-bond acceptors (Lipinski definition) is 2. The molecule has 0 aliphatic rings. The van der Waals surface area contributed by atoms with Crippen LogP contribution < -0.4 is 5.32 Å². The molecule has 0 saturated carbocycles. The SMILES string of the molecule is O=C(NCc1cc(F)cc(C(=O)C(F)(F)C(F)F)c1)c1ccc(F)c(C(F)(F)F)c1. The minimum atomic E-state index is -5.08. The fourth-order valence-electron chi connectivity index (χ4n) is 2.34. The van der Waals surface area contributed by atoms with Gasteiger partial charge in [0.25, 0.3) is 5.91 Å². The first-order chi connectivity index (χ1) is 13.7. The van der Waals surface area contributed by atoms with Gasteiger partial charge in [0.15, 0.2) is 0 Å². The molecule has 0 aliphatic heterocycles. The summed E-state index contributed by atoms with van der Waals surface area (Å²) < 4.78 is 116. The average Bonchev–Trinajstić information content (AvgIpc) is 2.64. The molecule has 2 aromatic rings. The molecule has 0 fully saturated rings. The number of carbonyl (C=O) groups excluding carboxylic acids is 2. The highest BCUT2D eigenvalue weighted by Gasteiger charge is 2.49. The number of carbonyl (C=O) groups is 2. The van der Waals surface area contributed by atoms with Gasteiger partial charge in [-0.2, -0.15) is 22.0 Å². The van der Waals surface area contributed by atoms with Gasteiger partial charge in [0.1, 0.15) is 11.6 Å². The van der Waals surface area contributed by atoms with Crippen LogP contribution in [0.1, 0.15) is 31.8 Å². The second-order valence-corrected chi connectivity index (χ2v) is 5.98. The third-order valence-corrected chi connectivity index (χ3v) is 3.78. The number of amides is 1. The van der Waals surface area contributed by atoms with Crippen molar-refractivity contribution in [3.8, 4) is 0 Å². The number of alkyl halides is 7. The Bertz CT molecular complexity index is 971. The van der Waals surface area contributed by atoms with Crippen LogP contribution in [0.4, 0.5) is 39.5 Å². The van der Waals surface area contributed by atoms with E-state index in [2.05, 4.69) is 0 Å². The number of hydrogen-bond donors (Lipinski definition) is 1. The van der Waals surface area contributed by atoms with Gasteiger partial charge in [-0.25, -0.2) is 17.6 Å². The topological polar surface area (TPSA) is 46.2 Å². The molecule has 1 amide bonds. The van der Waals surface area contributed by atoms with Crippen molar-refractivity contribution in [1.82, 2.24) is 5.32 Å². The minimum absolute atomic E-state index is 0.231. The molecule has 0 aromatic heterocycles. The molecule has 0 radical (unpaired) electrons. The maximum Gasteiger partial charge on any atom is 0.419 e. The summed E-state index contributed by atoms with van der Waals surface area (Å²) in [6.07, 6.45) is -9.41. The van der Waals surface area contributed by atoms with Gasteiger partial charge in [0.2, 0.25) is 5.78 Å². The molecule has 0 atom stereocenters. The Morgan fingerprint density at radius 3 is 2.10 bits per heavy atom. The van der Waals surface area contributed by atoms with Crippen molar-refractivity contribution in [2.45, 2.75) is 25.1 Å². The number of benzene rings is 2. The zero-order chi connectivity index (χ0) is 22.9. The third-order valence-electron chi connectivity index (χ3n) is 3.78. The Kier molecular flexibility index (Phi) is 6.48. The first-order valence-electron chi connectivity index (χ1n) is 7.88. The largest absolute Gasteiger partial charge is 0.419 e. The van der Waals surface area contributed by atoms with Crippen molar-refractivity contribution in [1.29, 1.82) is 0 Å². The molecule has 0 aliphatic carbocycles. The van der Waals surface area contributed by atoms with Gasteiger partial charge in [-0.1, -0.05) is 0 Å². The Labute approximate surface area is 162 Å². The van der Waals surface area contributed by atoms with E-state index in [1.807, 2.05) is 5.32 Å². The smallest absolute Gasteiger partial charge is 0.348 e. The van der Waals surface area contributed by atoms with Crippen LogP contribution in [0.25, 0.3) is 0 Å². The van der Waals surface area contributed by atoms with Gasteiger partial charge in [-0.15, -0.1) is 0 Å². The summed E-state index contributed by atoms with van der Waals surface area (Å²) in [7, 11) is 0. The molecule has 1 N–H and O–H groups in total. The first-order valence-corrected chi connectivity index (χ1v) is 7.88. The van der Waals surface area contributed by atoms with Gasteiger partial charge in [-0.3, -0.25) is 9.59 Å². The van der Waals surface area contributed by atoms with Crippen molar-refractivity contribution in [2.75, 3.05) is 0 Å². The molecule has 12 heteroatoms. The molecular weight excluding hydrogens is 433 g/mol. The van der Waals surface area contributed by atoms with Crippen molar-refractivity contribution in [3.63, 3.8) is 0 Å². The molecule has 3 nitrogen and oxygen atoms in total. The zero-order valence-electron chi connectivity index (χ0n) is 14.5. The average molecular weight is 443 g/mol. The van der Waals surface area contributed by atoms with Gasteiger partial charge in [0, 0.05) is 17.7 Å². The van der Waals surface area contributed by atoms with Crippen LogP contribution in [0.2, 0.25) is 0 Å². The Hall–Kier alpha value is -3.05. The minimum Gasteiger partial charge on any atom is -0.348 e. The lowest BCUT2D eigenvalue weighted by Gasteiger charge is -2.15. The highest BCUT2D eigenvalue weighted by atomic mass is 19.4. The summed E-state index contributed by atoms with van der Waals surface area (Å²) >= 11 is 0. The Morgan fingerprint density at radius 2 is 1.53 bits per heavy atom. The van der Waals surface area contributed by atoms with E-state index in [0.717, 1.165) is 6.07 Å². The monoisotopic (exact) mass is 443 g/mol. The lowest BCUT2D eigenvalue weighted by atomic mass is 10.0. The van der Waals surface area contributed by atoms with E-state index in [1.165, 1.54) is 0 Å². The number of ketones is 1. The van der Waals surface area contributed by atoms with Crippen molar-refractivity contribution in [3.05, 3.63) is 70.3 Å². The summed E-state index contributed by atoms with van der Waals surface area (Å²) in [6, 6.07) is 2.97. The van der Waals surface area contributed by atoms with Gasteiger partial charge in [0.05, 0.1) is 5.56 Å². The standard InChI is InChI=1S/C18H10F9NO2/c19-11-4-8(3-10(5-11)14(29)17(23,24)16(21)22)7-28-15(30)9-1-2-13(20)12(6-9)18(25,26)27/h1-6,16H,7H2,(H,28,30). The summed E-state index contributed by atoms with van der Waals surface area (Å²) in [5, 5.41) is 2.03. The molecule has 0 bridgehead atoms. The van der Waals surface area contributed by atoms with E-state index < -0.39 is 65.1 Å². The van der Waals surface area contributed by atoms with Gasteiger partial charge in [-0.05, 0) is 42.0 Å². The van der Waals surface area contributed by atoms with E-state index in [1.54, 1.807) is 0 Å². The summed E-state index contributed by atoms with van der Waals surface area (Å²) in [5.74, 6) is -11.5. The number of Topliss-reactive ketones (excluding diaryl/α,β-unsaturated/α-hetero) is 1. The van der Waals surface area contributed by atoms with E-state index in [9.17, 15) is 49.1 Å². The highest BCUT2D eigenvalue weighted by Crippen LogP contribution is 2.32. The number of rotatable bonds is 6. The molecule has 2 aromatic carbocycles. The second kappa shape index (κ2) is 8.36. The molecule has 0 heterocycles. The number of halogens is 9. The summed E-state index contributed by atoms with van der Waals surface area (Å²) in [4.78, 5) is 23.5. The van der Waals surface area contributed by atoms with Crippen molar-refractivity contribution >= 4 is 11.7 Å². The van der Waals surface area contributed by atoms with Crippen LogP contribution >= 0.6 is 0 Å². The predicted octanol–water partition coefficient (Wildman–Crippen LogP) is 5.00. The van der Waals surface area contributed by atoms with E-state index in [4.69, 9.17) is 0 Å². The van der Waals surface area contributed by atoms with Crippen LogP contribution in [0.15, 0.2) is 36.4 Å². The van der Waals surface area contributed by atoms with Crippen LogP contribution in [0, 0.1) is 11.6 Å². The maximum atomic E-state index is 13.6. The van der Waals surface area contributed by atoms with Gasteiger partial charge >= 0.3 is 18.5 Å². The highest BCUT2D eigenvalue weighted by molar-refractivity contribution is 6.01. The van der Waals surface area contributed by atoms with Crippen LogP contribution in [0.5, 0.6) is 0 Å². The van der Waals surface area contributed by atoms with Crippen molar-refractivity contribution in [2.24, 2.45) is 0 Å². The lowest BCUT2D eigenvalue weighted by Crippen LogP contribution is -2.36. The van der Waals surface area contributed by atoms with E-state index in [0.29, 0.717) is 24.3 Å². The zero-order valence-corrected chi connectivity index (χ0v) is 14.5. The lowest BCUT2D eigenvalue weighted by molar-refractivity contribution is -0.140. The maximum absolute atomic E-state index is 13.6. The third kappa shape index (κ3) is 5.10. The molecular formula is C18H10F9NO2. The summed E-state index contributed by atoms with van der Waals surface area (Å²) in [5.41, 5.74) is -3.72. The Balaban J connectivity index is 2.22. The molecule has 0 unspecified atom stereocenters. The summed E-state index contributed by atoms with van der Waals surface area (Å²) in [6.45, 7) is -0.657. The van der Waals surface area contributed by atoms with Crippen LogP contribution in [-0.2, 0) is 12.7 Å². The Morgan fingerprint density at radius 1 is 0.900 bits per heavy atom. The second-order valence-electron chi connectivity index (χ2n) is 5.98.